The van der Waals surface area contributed by atoms with Gasteiger partial charge in [0.05, 0.1) is 0 Å². The zero-order valence-corrected chi connectivity index (χ0v) is 9.84. The zero-order valence-electron chi connectivity index (χ0n) is 9.84. The molecule has 0 aliphatic rings. The van der Waals surface area contributed by atoms with Crippen LogP contribution >= 0.6 is 0 Å². The van der Waals surface area contributed by atoms with E-state index in [1.807, 2.05) is 6.08 Å². The molecule has 0 aromatic carbocycles. The fourth-order valence-electron chi connectivity index (χ4n) is 1.42. The number of unbranched alkanes of at least 4 members (excludes halogenated alkanes) is 3. The molecule has 0 aliphatic heterocycles. The Kier molecular flexibility index (Phi) is 10.7. The lowest BCUT2D eigenvalue weighted by atomic mass is 10.1. The summed E-state index contributed by atoms with van der Waals surface area (Å²) in [6.07, 6.45) is 5.57. The van der Waals surface area contributed by atoms with Gasteiger partial charge in [-0.1, -0.05) is 18.9 Å². The lowest BCUT2D eigenvalue weighted by Crippen LogP contribution is -2.22. The third kappa shape index (κ3) is 11.6. The van der Waals surface area contributed by atoms with Crippen molar-refractivity contribution in [2.75, 3.05) is 13.2 Å². The molecule has 2 N–H and O–H groups in total. The average Bonchev–Trinajstić information content (AvgIpc) is 2.24. The standard InChI is InChI=1S/C12H23F2NO/c1-2-3-4-5-6-7-11(15)8-9-16-10-12(13)14/h2,11-12H,1,3-10,15H2. The van der Waals surface area contributed by atoms with Crippen LogP contribution in [0.25, 0.3) is 0 Å². The van der Waals surface area contributed by atoms with Crippen molar-refractivity contribution in [3.05, 3.63) is 12.7 Å². The predicted octanol–water partition coefficient (Wildman–Crippen LogP) is 3.12. The highest BCUT2D eigenvalue weighted by atomic mass is 19.3. The first-order valence-electron chi connectivity index (χ1n) is 5.89. The number of nitrogens with two attached hydrogens (primary N) is 1. The molecule has 0 spiro atoms. The molecule has 0 bridgehead atoms. The van der Waals surface area contributed by atoms with Crippen molar-refractivity contribution in [1.29, 1.82) is 0 Å². The first-order chi connectivity index (χ1) is 7.66. The summed E-state index contributed by atoms with van der Waals surface area (Å²) in [5.74, 6) is 0. The first-order valence-corrected chi connectivity index (χ1v) is 5.89. The Morgan fingerprint density at radius 3 is 2.56 bits per heavy atom. The summed E-state index contributed by atoms with van der Waals surface area (Å²) < 4.78 is 28.2. The highest BCUT2D eigenvalue weighted by Gasteiger charge is 2.05. The maximum absolute atomic E-state index is 11.7. The van der Waals surface area contributed by atoms with E-state index in [1.165, 1.54) is 0 Å². The van der Waals surface area contributed by atoms with E-state index in [-0.39, 0.29) is 6.04 Å². The summed E-state index contributed by atoms with van der Waals surface area (Å²) in [5.41, 5.74) is 5.82. The number of hydrogen-bond donors (Lipinski definition) is 1. The van der Waals surface area contributed by atoms with E-state index in [0.29, 0.717) is 13.0 Å². The molecule has 2 nitrogen and oxygen atoms in total. The van der Waals surface area contributed by atoms with E-state index in [9.17, 15) is 8.78 Å². The smallest absolute Gasteiger partial charge is 0.261 e. The van der Waals surface area contributed by atoms with Crippen LogP contribution in [0, 0.1) is 0 Å². The van der Waals surface area contributed by atoms with Gasteiger partial charge in [-0.05, 0) is 25.7 Å². The van der Waals surface area contributed by atoms with Gasteiger partial charge in [0, 0.05) is 12.6 Å². The summed E-state index contributed by atoms with van der Waals surface area (Å²) in [5, 5.41) is 0. The summed E-state index contributed by atoms with van der Waals surface area (Å²) in [6.45, 7) is 3.51. The predicted molar refractivity (Wildman–Crippen MR) is 62.7 cm³/mol. The van der Waals surface area contributed by atoms with Crippen LogP contribution in [0.2, 0.25) is 0 Å². The highest BCUT2D eigenvalue weighted by Crippen LogP contribution is 2.07. The summed E-state index contributed by atoms with van der Waals surface area (Å²) in [6, 6.07) is 0.0707. The van der Waals surface area contributed by atoms with Crippen molar-refractivity contribution >= 4 is 0 Å². The molecule has 96 valence electrons. The highest BCUT2D eigenvalue weighted by molar-refractivity contribution is 4.66. The van der Waals surface area contributed by atoms with Gasteiger partial charge >= 0.3 is 0 Å². The number of ether oxygens (including phenoxy) is 1. The van der Waals surface area contributed by atoms with Crippen LogP contribution in [-0.4, -0.2) is 25.7 Å². The van der Waals surface area contributed by atoms with Crippen molar-refractivity contribution in [1.82, 2.24) is 0 Å². The van der Waals surface area contributed by atoms with E-state index in [0.717, 1.165) is 32.1 Å². The zero-order chi connectivity index (χ0) is 12.2. The molecule has 0 rings (SSSR count). The first kappa shape index (κ1) is 15.5. The second-order valence-electron chi connectivity index (χ2n) is 3.94. The molecule has 1 unspecified atom stereocenters. The SMILES string of the molecule is C=CCCCCCC(N)CCOCC(F)F. The van der Waals surface area contributed by atoms with Gasteiger partial charge in [0.2, 0.25) is 0 Å². The Bertz CT molecular complexity index is 165. The Morgan fingerprint density at radius 1 is 1.19 bits per heavy atom. The van der Waals surface area contributed by atoms with Gasteiger partial charge in [-0.25, -0.2) is 8.78 Å². The molecule has 1 atom stereocenters. The molecular formula is C12H23F2NO. The molecule has 4 heteroatoms. The largest absolute Gasteiger partial charge is 0.375 e. The molecular weight excluding hydrogens is 212 g/mol. The topological polar surface area (TPSA) is 35.2 Å². The Hall–Kier alpha value is -0.480. The number of hydrogen-bond acceptors (Lipinski definition) is 2. The van der Waals surface area contributed by atoms with Gasteiger partial charge in [0.15, 0.2) is 0 Å². The van der Waals surface area contributed by atoms with Gasteiger partial charge in [0.1, 0.15) is 6.61 Å². The molecule has 0 radical (unpaired) electrons. The monoisotopic (exact) mass is 235 g/mol. The van der Waals surface area contributed by atoms with Crippen molar-refractivity contribution in [2.24, 2.45) is 5.73 Å². The molecule has 0 aromatic rings. The molecule has 0 aliphatic carbocycles. The van der Waals surface area contributed by atoms with Crippen LogP contribution in [0.3, 0.4) is 0 Å². The maximum atomic E-state index is 11.7. The van der Waals surface area contributed by atoms with Crippen LogP contribution in [0.5, 0.6) is 0 Å². The van der Waals surface area contributed by atoms with E-state index in [4.69, 9.17) is 10.5 Å². The maximum Gasteiger partial charge on any atom is 0.261 e. The van der Waals surface area contributed by atoms with Gasteiger partial charge in [0.25, 0.3) is 6.43 Å². The van der Waals surface area contributed by atoms with Gasteiger partial charge < -0.3 is 10.5 Å². The second kappa shape index (κ2) is 11.0. The molecule has 0 aromatic heterocycles. The Labute approximate surface area is 96.8 Å². The number of rotatable bonds is 11. The van der Waals surface area contributed by atoms with Crippen LogP contribution in [0.15, 0.2) is 12.7 Å². The molecule has 0 heterocycles. The fourth-order valence-corrected chi connectivity index (χ4v) is 1.42. The number of alkyl halides is 2. The van der Waals surface area contributed by atoms with Crippen LogP contribution in [-0.2, 0) is 4.74 Å². The van der Waals surface area contributed by atoms with Crippen molar-refractivity contribution in [3.8, 4) is 0 Å². The molecule has 0 fully saturated rings. The second-order valence-corrected chi connectivity index (χ2v) is 3.94. The molecule has 16 heavy (non-hydrogen) atoms. The minimum absolute atomic E-state index is 0.0707. The van der Waals surface area contributed by atoms with E-state index in [2.05, 4.69) is 6.58 Å². The molecule has 0 amide bonds. The van der Waals surface area contributed by atoms with Gasteiger partial charge in [-0.15, -0.1) is 6.58 Å². The van der Waals surface area contributed by atoms with Gasteiger partial charge in [-0.2, -0.15) is 0 Å². The molecule has 0 saturated carbocycles. The normalized spacial score (nSPS) is 13.0. The average molecular weight is 235 g/mol. The summed E-state index contributed by atoms with van der Waals surface area (Å²) in [7, 11) is 0. The quantitative estimate of drug-likeness (QED) is 0.441. The van der Waals surface area contributed by atoms with E-state index < -0.39 is 13.0 Å². The minimum atomic E-state index is -2.38. The number of allylic oxidation sites excluding steroid dienone is 1. The van der Waals surface area contributed by atoms with Crippen molar-refractivity contribution in [2.45, 2.75) is 51.0 Å². The van der Waals surface area contributed by atoms with Crippen LogP contribution < -0.4 is 5.73 Å². The Balaban J connectivity index is 3.17. The summed E-state index contributed by atoms with van der Waals surface area (Å²) in [4.78, 5) is 0. The van der Waals surface area contributed by atoms with E-state index >= 15 is 0 Å². The third-order valence-electron chi connectivity index (χ3n) is 2.36. The molecule has 0 saturated heterocycles. The van der Waals surface area contributed by atoms with Crippen LogP contribution in [0.4, 0.5) is 8.78 Å². The van der Waals surface area contributed by atoms with E-state index in [1.54, 1.807) is 0 Å². The lowest BCUT2D eigenvalue weighted by molar-refractivity contribution is 0.0150. The van der Waals surface area contributed by atoms with Crippen LogP contribution in [0.1, 0.15) is 38.5 Å². The van der Waals surface area contributed by atoms with Gasteiger partial charge in [-0.3, -0.25) is 0 Å². The number of halogens is 2. The summed E-state index contributed by atoms with van der Waals surface area (Å²) >= 11 is 0. The lowest BCUT2D eigenvalue weighted by Gasteiger charge is -2.11. The minimum Gasteiger partial charge on any atom is -0.375 e. The fraction of sp³-hybridized carbons (Fsp3) is 0.833. The third-order valence-corrected chi connectivity index (χ3v) is 2.36. The van der Waals surface area contributed by atoms with Crippen molar-refractivity contribution < 1.29 is 13.5 Å². The Morgan fingerprint density at radius 2 is 1.94 bits per heavy atom. The van der Waals surface area contributed by atoms with Crippen molar-refractivity contribution in [3.63, 3.8) is 0 Å².